The van der Waals surface area contributed by atoms with Crippen LogP contribution in [0, 0.1) is 5.92 Å². The molecule has 2 atom stereocenters. The molecule has 2 heterocycles. The minimum absolute atomic E-state index is 0.184. The van der Waals surface area contributed by atoms with Crippen LogP contribution in [0.25, 0.3) is 11.2 Å². The van der Waals surface area contributed by atoms with Gasteiger partial charge in [0, 0.05) is 6.54 Å². The summed E-state index contributed by atoms with van der Waals surface area (Å²) in [7, 11) is 0. The van der Waals surface area contributed by atoms with Crippen molar-refractivity contribution in [2.45, 2.75) is 24.9 Å². The molecule has 3 aromatic rings. The van der Waals surface area contributed by atoms with E-state index in [0.29, 0.717) is 35.4 Å². The van der Waals surface area contributed by atoms with Crippen molar-refractivity contribution in [3.8, 4) is 0 Å². The van der Waals surface area contributed by atoms with Crippen LogP contribution in [0.1, 0.15) is 23.5 Å². The van der Waals surface area contributed by atoms with Crippen molar-refractivity contribution in [2.24, 2.45) is 5.92 Å². The molecule has 1 aliphatic rings. The van der Waals surface area contributed by atoms with Gasteiger partial charge in [0.15, 0.2) is 11.5 Å². The highest BCUT2D eigenvalue weighted by Gasteiger charge is 2.47. The number of anilines is 1. The average Bonchev–Trinajstić information content (AvgIpc) is 3.07. The van der Waals surface area contributed by atoms with Crippen molar-refractivity contribution in [1.29, 1.82) is 0 Å². The lowest BCUT2D eigenvalue weighted by Gasteiger charge is -2.35. The second kappa shape index (κ2) is 6.02. The largest absolute Gasteiger partial charge is 0.396 e. The third kappa shape index (κ3) is 2.92. The van der Waals surface area contributed by atoms with E-state index in [1.54, 1.807) is 24.3 Å². The van der Waals surface area contributed by atoms with Crippen LogP contribution in [0.15, 0.2) is 36.9 Å². The van der Waals surface area contributed by atoms with Crippen LogP contribution < -0.4 is 5.32 Å². The topological polar surface area (TPSA) is 66.5 Å². The highest BCUT2D eigenvalue weighted by atomic mass is 19.4. The van der Waals surface area contributed by atoms with E-state index in [4.69, 9.17) is 0 Å². The Hall–Kier alpha value is -2.64. The summed E-state index contributed by atoms with van der Waals surface area (Å²) in [6.07, 6.45) is -0.315. The standard InChI is InChI=1S/C17H16F3N5/c18-17(19,20)13-11(6-5-10-3-1-2-4-12(10)13)7-21-15-14-16(23-8-22-14)25-9-24-15/h1-4,8-9,11,13H,5-7H2,(H2,21,22,23,24,25). The zero-order valence-corrected chi connectivity index (χ0v) is 13.2. The third-order valence-corrected chi connectivity index (χ3v) is 4.75. The molecule has 2 N–H and O–H groups in total. The zero-order chi connectivity index (χ0) is 17.4. The number of hydrogen-bond acceptors (Lipinski definition) is 4. The normalized spacial score (nSPS) is 20.4. The quantitative estimate of drug-likeness (QED) is 0.759. The minimum Gasteiger partial charge on any atom is -0.368 e. The maximum Gasteiger partial charge on any atom is 0.396 e. The summed E-state index contributed by atoms with van der Waals surface area (Å²) in [4.78, 5) is 15.1. The van der Waals surface area contributed by atoms with Gasteiger partial charge in [-0.3, -0.25) is 0 Å². The van der Waals surface area contributed by atoms with Crippen LogP contribution >= 0.6 is 0 Å². The smallest absolute Gasteiger partial charge is 0.368 e. The molecule has 1 aromatic carbocycles. The SMILES string of the molecule is FC(F)(F)C1c2ccccc2CCC1CNc1ncnc2nc[nH]c12. The summed E-state index contributed by atoms with van der Waals surface area (Å²) in [5.74, 6) is -1.55. The second-order valence-corrected chi connectivity index (χ2v) is 6.22. The molecule has 8 heteroatoms. The Morgan fingerprint density at radius 1 is 1.16 bits per heavy atom. The van der Waals surface area contributed by atoms with Gasteiger partial charge in [0.25, 0.3) is 0 Å². The number of aromatic amines is 1. The van der Waals surface area contributed by atoms with E-state index in [-0.39, 0.29) is 6.54 Å². The molecule has 0 fully saturated rings. The molecule has 0 spiro atoms. The number of hydrogen-bond donors (Lipinski definition) is 2. The van der Waals surface area contributed by atoms with E-state index in [2.05, 4.69) is 25.3 Å². The van der Waals surface area contributed by atoms with Crippen LogP contribution in [0.5, 0.6) is 0 Å². The summed E-state index contributed by atoms with van der Waals surface area (Å²) in [5, 5.41) is 3.05. The maximum atomic E-state index is 13.7. The summed E-state index contributed by atoms with van der Waals surface area (Å²) >= 11 is 0. The third-order valence-electron chi connectivity index (χ3n) is 4.75. The number of benzene rings is 1. The predicted molar refractivity (Wildman–Crippen MR) is 87.2 cm³/mol. The van der Waals surface area contributed by atoms with E-state index in [1.807, 2.05) is 0 Å². The van der Waals surface area contributed by atoms with Gasteiger partial charge in [-0.15, -0.1) is 0 Å². The molecule has 0 saturated carbocycles. The number of aryl methyl sites for hydroxylation is 1. The Balaban J connectivity index is 1.60. The summed E-state index contributed by atoms with van der Waals surface area (Å²) in [6, 6.07) is 6.85. The highest BCUT2D eigenvalue weighted by Crippen LogP contribution is 2.46. The first kappa shape index (κ1) is 15.9. The highest BCUT2D eigenvalue weighted by molar-refractivity contribution is 5.81. The molecule has 25 heavy (non-hydrogen) atoms. The van der Waals surface area contributed by atoms with E-state index >= 15 is 0 Å². The fourth-order valence-electron chi connectivity index (χ4n) is 3.62. The van der Waals surface area contributed by atoms with Crippen LogP contribution in [-0.4, -0.2) is 32.7 Å². The van der Waals surface area contributed by atoms with Crippen molar-refractivity contribution in [3.63, 3.8) is 0 Å². The first-order valence-electron chi connectivity index (χ1n) is 8.06. The Bertz CT molecular complexity index is 889. The first-order valence-corrected chi connectivity index (χ1v) is 8.06. The predicted octanol–water partition coefficient (Wildman–Crippen LogP) is 3.67. The van der Waals surface area contributed by atoms with Gasteiger partial charge >= 0.3 is 6.18 Å². The molecular formula is C17H16F3N5. The molecule has 0 radical (unpaired) electrons. The lowest BCUT2D eigenvalue weighted by atomic mass is 9.74. The lowest BCUT2D eigenvalue weighted by Crippen LogP contribution is -2.36. The fourth-order valence-corrected chi connectivity index (χ4v) is 3.62. The molecule has 0 saturated heterocycles. The van der Waals surface area contributed by atoms with Gasteiger partial charge in [0.1, 0.15) is 11.8 Å². The van der Waals surface area contributed by atoms with Gasteiger partial charge in [0.2, 0.25) is 0 Å². The summed E-state index contributed by atoms with van der Waals surface area (Å²) < 4.78 is 41.2. The molecular weight excluding hydrogens is 331 g/mol. The van der Waals surface area contributed by atoms with Crippen LogP contribution in [0.2, 0.25) is 0 Å². The van der Waals surface area contributed by atoms with Crippen molar-refractivity contribution >= 4 is 17.0 Å². The Labute approximate surface area is 141 Å². The number of imidazole rings is 1. The molecule has 0 amide bonds. The summed E-state index contributed by atoms with van der Waals surface area (Å²) in [5.41, 5.74) is 2.27. The first-order chi connectivity index (χ1) is 12.0. The van der Waals surface area contributed by atoms with Gasteiger partial charge in [0.05, 0.1) is 12.2 Å². The number of nitrogens with zero attached hydrogens (tertiary/aromatic N) is 3. The second-order valence-electron chi connectivity index (χ2n) is 6.22. The van der Waals surface area contributed by atoms with Crippen molar-refractivity contribution in [1.82, 2.24) is 19.9 Å². The van der Waals surface area contributed by atoms with E-state index in [9.17, 15) is 13.2 Å². The number of halogens is 3. The molecule has 0 bridgehead atoms. The van der Waals surface area contributed by atoms with E-state index in [1.165, 1.54) is 12.7 Å². The number of rotatable bonds is 3. The number of fused-ring (bicyclic) bond motifs is 2. The van der Waals surface area contributed by atoms with Crippen LogP contribution in [-0.2, 0) is 6.42 Å². The molecule has 5 nitrogen and oxygen atoms in total. The summed E-state index contributed by atoms with van der Waals surface area (Å²) in [6.45, 7) is 0.184. The van der Waals surface area contributed by atoms with Crippen LogP contribution in [0.4, 0.5) is 19.0 Å². The zero-order valence-electron chi connectivity index (χ0n) is 13.2. The molecule has 2 unspecified atom stereocenters. The molecule has 130 valence electrons. The van der Waals surface area contributed by atoms with Crippen molar-refractivity contribution in [2.75, 3.05) is 11.9 Å². The van der Waals surface area contributed by atoms with Crippen molar-refractivity contribution < 1.29 is 13.2 Å². The molecule has 2 aromatic heterocycles. The average molecular weight is 347 g/mol. The van der Waals surface area contributed by atoms with Gasteiger partial charge in [-0.05, 0) is 29.9 Å². The fraction of sp³-hybridized carbons (Fsp3) is 0.353. The molecule has 4 rings (SSSR count). The van der Waals surface area contributed by atoms with Crippen LogP contribution in [0.3, 0.4) is 0 Å². The number of alkyl halides is 3. The Kier molecular flexibility index (Phi) is 3.82. The van der Waals surface area contributed by atoms with Crippen molar-refractivity contribution in [3.05, 3.63) is 48.0 Å². The lowest BCUT2D eigenvalue weighted by molar-refractivity contribution is -0.163. The van der Waals surface area contributed by atoms with Gasteiger partial charge in [-0.2, -0.15) is 13.2 Å². The molecule has 0 aliphatic heterocycles. The Morgan fingerprint density at radius 2 is 2.00 bits per heavy atom. The minimum atomic E-state index is -4.28. The van der Waals surface area contributed by atoms with Gasteiger partial charge in [-0.1, -0.05) is 24.3 Å². The van der Waals surface area contributed by atoms with Gasteiger partial charge < -0.3 is 10.3 Å². The van der Waals surface area contributed by atoms with E-state index in [0.717, 1.165) is 5.56 Å². The number of H-pyrrole nitrogens is 1. The van der Waals surface area contributed by atoms with E-state index < -0.39 is 18.0 Å². The maximum absolute atomic E-state index is 13.7. The Morgan fingerprint density at radius 3 is 2.84 bits per heavy atom. The monoisotopic (exact) mass is 347 g/mol. The van der Waals surface area contributed by atoms with Gasteiger partial charge in [-0.25, -0.2) is 15.0 Å². The molecule has 1 aliphatic carbocycles. The number of nitrogens with one attached hydrogen (secondary N) is 2. The number of aromatic nitrogens is 4.